The standard InChI is InChI=1S/C28H27N5O3/c1-20-7-8-24(17-26(20)36-28-30-11-9-25(32-28)23-6-3-10-29-18-23)31-27(34)22-5-2-4-21(16-22)19-33-12-14-35-15-13-33/h2-11,16-18H,12-15,19H2,1H3,(H,31,34). The normalized spacial score (nSPS) is 13.8. The van der Waals surface area contributed by atoms with Crippen molar-refractivity contribution in [3.63, 3.8) is 0 Å². The number of morpholine rings is 1. The van der Waals surface area contributed by atoms with E-state index in [0.29, 0.717) is 22.7 Å². The number of amides is 1. The highest BCUT2D eigenvalue weighted by atomic mass is 16.5. The average Bonchev–Trinajstić information content (AvgIpc) is 2.92. The largest absolute Gasteiger partial charge is 0.424 e. The molecule has 8 heteroatoms. The molecule has 0 atom stereocenters. The lowest BCUT2D eigenvalue weighted by molar-refractivity contribution is 0.0342. The maximum absolute atomic E-state index is 13.0. The minimum absolute atomic E-state index is 0.177. The molecule has 2 aromatic carbocycles. The summed E-state index contributed by atoms with van der Waals surface area (Å²) in [4.78, 5) is 28.2. The molecule has 1 aliphatic rings. The summed E-state index contributed by atoms with van der Waals surface area (Å²) in [6.45, 7) is 6.02. The van der Waals surface area contributed by atoms with E-state index in [4.69, 9.17) is 9.47 Å². The molecule has 0 spiro atoms. The summed E-state index contributed by atoms with van der Waals surface area (Å²) in [5.74, 6) is 0.390. The Morgan fingerprint density at radius 1 is 1.06 bits per heavy atom. The number of anilines is 1. The highest BCUT2D eigenvalue weighted by Gasteiger charge is 2.14. The van der Waals surface area contributed by atoms with Crippen molar-refractivity contribution < 1.29 is 14.3 Å². The van der Waals surface area contributed by atoms with Crippen molar-refractivity contribution in [2.45, 2.75) is 13.5 Å². The second-order valence-electron chi connectivity index (χ2n) is 8.59. The average molecular weight is 482 g/mol. The number of hydrogen-bond acceptors (Lipinski definition) is 7. The summed E-state index contributed by atoms with van der Waals surface area (Å²) in [6, 6.07) is 19.1. The number of aryl methyl sites for hydroxylation is 1. The van der Waals surface area contributed by atoms with Gasteiger partial charge in [0.15, 0.2) is 0 Å². The fourth-order valence-corrected chi connectivity index (χ4v) is 3.98. The SMILES string of the molecule is Cc1ccc(NC(=O)c2cccc(CN3CCOCC3)c2)cc1Oc1nccc(-c2cccnc2)n1. The number of pyridine rings is 1. The van der Waals surface area contributed by atoms with E-state index in [0.717, 1.165) is 49.5 Å². The molecule has 3 heterocycles. The van der Waals surface area contributed by atoms with Gasteiger partial charge in [0, 0.05) is 61.1 Å². The first-order valence-electron chi connectivity index (χ1n) is 11.9. The summed E-state index contributed by atoms with van der Waals surface area (Å²) in [5.41, 5.74) is 4.82. The second kappa shape index (κ2) is 11.1. The zero-order chi connectivity index (χ0) is 24.7. The lowest BCUT2D eigenvalue weighted by Gasteiger charge is -2.26. The zero-order valence-corrected chi connectivity index (χ0v) is 20.1. The van der Waals surface area contributed by atoms with Crippen LogP contribution in [0.15, 0.2) is 79.3 Å². The summed E-state index contributed by atoms with van der Waals surface area (Å²) in [7, 11) is 0. The lowest BCUT2D eigenvalue weighted by atomic mass is 10.1. The predicted molar refractivity (Wildman–Crippen MR) is 137 cm³/mol. The second-order valence-corrected chi connectivity index (χ2v) is 8.59. The fourth-order valence-electron chi connectivity index (χ4n) is 3.98. The van der Waals surface area contributed by atoms with Gasteiger partial charge in [-0.2, -0.15) is 4.98 Å². The highest BCUT2D eigenvalue weighted by molar-refractivity contribution is 6.04. The topological polar surface area (TPSA) is 89.5 Å². The molecule has 4 aromatic rings. The number of nitrogens with zero attached hydrogens (tertiary/aromatic N) is 4. The molecule has 0 saturated carbocycles. The third kappa shape index (κ3) is 5.91. The van der Waals surface area contributed by atoms with Crippen LogP contribution >= 0.6 is 0 Å². The molecule has 0 bridgehead atoms. The Labute approximate surface area is 210 Å². The summed E-state index contributed by atoms with van der Waals surface area (Å²) >= 11 is 0. The maximum atomic E-state index is 13.0. The molecule has 36 heavy (non-hydrogen) atoms. The minimum Gasteiger partial charge on any atom is -0.424 e. The Morgan fingerprint density at radius 2 is 1.94 bits per heavy atom. The van der Waals surface area contributed by atoms with Crippen molar-refractivity contribution in [1.29, 1.82) is 0 Å². The quantitative estimate of drug-likeness (QED) is 0.408. The van der Waals surface area contributed by atoms with Crippen LogP contribution in [-0.2, 0) is 11.3 Å². The summed E-state index contributed by atoms with van der Waals surface area (Å²) < 4.78 is 11.4. The monoisotopic (exact) mass is 481 g/mol. The van der Waals surface area contributed by atoms with Gasteiger partial charge >= 0.3 is 6.01 Å². The van der Waals surface area contributed by atoms with Crippen LogP contribution in [0.1, 0.15) is 21.5 Å². The molecule has 1 aliphatic heterocycles. The summed E-state index contributed by atoms with van der Waals surface area (Å²) in [6.07, 6.45) is 5.10. The lowest BCUT2D eigenvalue weighted by Crippen LogP contribution is -2.35. The zero-order valence-electron chi connectivity index (χ0n) is 20.1. The first-order chi connectivity index (χ1) is 17.6. The van der Waals surface area contributed by atoms with Crippen LogP contribution in [0.2, 0.25) is 0 Å². The number of hydrogen-bond donors (Lipinski definition) is 1. The molecule has 0 unspecified atom stereocenters. The minimum atomic E-state index is -0.177. The summed E-state index contributed by atoms with van der Waals surface area (Å²) in [5, 5.41) is 2.98. The van der Waals surface area contributed by atoms with Crippen LogP contribution in [0, 0.1) is 6.92 Å². The Hall–Kier alpha value is -4.14. The predicted octanol–water partition coefficient (Wildman–Crippen LogP) is 4.72. The highest BCUT2D eigenvalue weighted by Crippen LogP contribution is 2.28. The van der Waals surface area contributed by atoms with E-state index in [1.54, 1.807) is 30.7 Å². The molecule has 1 N–H and O–H groups in total. The molecule has 0 radical (unpaired) electrons. The van der Waals surface area contributed by atoms with Gasteiger partial charge in [-0.3, -0.25) is 14.7 Å². The van der Waals surface area contributed by atoms with E-state index >= 15 is 0 Å². The van der Waals surface area contributed by atoms with Crippen molar-refractivity contribution in [2.75, 3.05) is 31.6 Å². The van der Waals surface area contributed by atoms with Crippen molar-refractivity contribution in [3.8, 4) is 23.0 Å². The smallest absolute Gasteiger partial charge is 0.322 e. The van der Waals surface area contributed by atoms with Crippen LogP contribution < -0.4 is 10.1 Å². The van der Waals surface area contributed by atoms with Gasteiger partial charge in [-0.15, -0.1) is 0 Å². The van der Waals surface area contributed by atoms with E-state index in [2.05, 4.69) is 25.2 Å². The number of aromatic nitrogens is 3. The van der Waals surface area contributed by atoms with Gasteiger partial charge in [0.05, 0.1) is 18.9 Å². The molecular weight excluding hydrogens is 454 g/mol. The van der Waals surface area contributed by atoms with Crippen molar-refractivity contribution in [1.82, 2.24) is 19.9 Å². The van der Waals surface area contributed by atoms with Gasteiger partial charge in [-0.1, -0.05) is 18.2 Å². The van der Waals surface area contributed by atoms with Crippen molar-refractivity contribution in [2.24, 2.45) is 0 Å². The van der Waals surface area contributed by atoms with E-state index in [9.17, 15) is 4.79 Å². The number of ether oxygens (including phenoxy) is 2. The third-order valence-electron chi connectivity index (χ3n) is 5.94. The maximum Gasteiger partial charge on any atom is 0.322 e. The Kier molecular flexibility index (Phi) is 7.25. The van der Waals surface area contributed by atoms with E-state index < -0.39 is 0 Å². The molecule has 182 valence electrons. The molecular formula is C28H27N5O3. The van der Waals surface area contributed by atoms with Gasteiger partial charge in [-0.05, 0) is 54.4 Å². The molecule has 1 fully saturated rings. The van der Waals surface area contributed by atoms with E-state index in [-0.39, 0.29) is 11.9 Å². The number of benzene rings is 2. The van der Waals surface area contributed by atoms with Gasteiger partial charge in [-0.25, -0.2) is 4.98 Å². The molecule has 1 amide bonds. The van der Waals surface area contributed by atoms with Crippen LogP contribution in [0.5, 0.6) is 11.8 Å². The van der Waals surface area contributed by atoms with E-state index in [1.807, 2.05) is 55.5 Å². The van der Waals surface area contributed by atoms with Crippen LogP contribution in [-0.4, -0.2) is 52.1 Å². The third-order valence-corrected chi connectivity index (χ3v) is 5.94. The molecule has 2 aromatic heterocycles. The molecule has 0 aliphatic carbocycles. The van der Waals surface area contributed by atoms with E-state index in [1.165, 1.54) is 0 Å². The fraction of sp³-hybridized carbons (Fsp3) is 0.214. The number of carbonyl (C=O) groups excluding carboxylic acids is 1. The van der Waals surface area contributed by atoms with Crippen LogP contribution in [0.4, 0.5) is 5.69 Å². The Balaban J connectivity index is 1.28. The first kappa shape index (κ1) is 23.6. The number of rotatable bonds is 7. The Morgan fingerprint density at radius 3 is 2.78 bits per heavy atom. The van der Waals surface area contributed by atoms with Gasteiger partial charge in [0.25, 0.3) is 5.91 Å². The van der Waals surface area contributed by atoms with Gasteiger partial charge < -0.3 is 14.8 Å². The molecule has 5 rings (SSSR count). The van der Waals surface area contributed by atoms with Crippen molar-refractivity contribution in [3.05, 3.63) is 95.9 Å². The number of nitrogens with one attached hydrogen (secondary N) is 1. The van der Waals surface area contributed by atoms with Gasteiger partial charge in [0.1, 0.15) is 5.75 Å². The van der Waals surface area contributed by atoms with Crippen LogP contribution in [0.3, 0.4) is 0 Å². The Bertz CT molecular complexity index is 1340. The van der Waals surface area contributed by atoms with Crippen LogP contribution in [0.25, 0.3) is 11.3 Å². The molecule has 8 nitrogen and oxygen atoms in total. The van der Waals surface area contributed by atoms with Gasteiger partial charge in [0.2, 0.25) is 0 Å². The first-order valence-corrected chi connectivity index (χ1v) is 11.9. The van der Waals surface area contributed by atoms with Crippen molar-refractivity contribution >= 4 is 11.6 Å². The number of carbonyl (C=O) groups is 1. The molecule has 1 saturated heterocycles.